The number of fused-ring (bicyclic) bond motifs is 1. The van der Waals surface area contributed by atoms with E-state index in [0.29, 0.717) is 55.1 Å². The molecule has 2 atom stereocenters. The maximum absolute atomic E-state index is 10.1. The van der Waals surface area contributed by atoms with E-state index in [1.165, 1.54) is 0 Å². The molecule has 0 aliphatic carbocycles. The van der Waals surface area contributed by atoms with Crippen molar-refractivity contribution in [1.82, 2.24) is 19.9 Å². The van der Waals surface area contributed by atoms with E-state index >= 15 is 0 Å². The van der Waals surface area contributed by atoms with Crippen molar-refractivity contribution < 1.29 is 13.9 Å². The van der Waals surface area contributed by atoms with E-state index in [2.05, 4.69) is 85.5 Å². The molecule has 0 bridgehead atoms. The minimum atomic E-state index is -1.96. The lowest BCUT2D eigenvalue weighted by Gasteiger charge is -2.39. The molecule has 0 radical (unpaired) electrons. The summed E-state index contributed by atoms with van der Waals surface area (Å²) in [5, 5.41) is 17.0. The van der Waals surface area contributed by atoms with Crippen LogP contribution in [0.15, 0.2) is 36.7 Å². The maximum atomic E-state index is 10.1. The lowest BCUT2D eigenvalue weighted by Crippen LogP contribution is -2.45. The zero-order valence-corrected chi connectivity index (χ0v) is 28.2. The molecule has 0 amide bonds. The molecule has 1 aromatic carbocycles. The number of aromatic nitrogens is 3. The number of rotatable bonds is 9. The van der Waals surface area contributed by atoms with Gasteiger partial charge in [-0.05, 0) is 67.5 Å². The third kappa shape index (κ3) is 6.89. The fourth-order valence-corrected chi connectivity index (χ4v) is 6.32. The van der Waals surface area contributed by atoms with Crippen LogP contribution in [0.25, 0.3) is 11.3 Å². The Balaban J connectivity index is 1.39. The van der Waals surface area contributed by atoms with E-state index in [-0.39, 0.29) is 16.6 Å². The van der Waals surface area contributed by atoms with Gasteiger partial charge in [-0.2, -0.15) is 5.26 Å². The quantitative estimate of drug-likeness (QED) is 0.283. The van der Waals surface area contributed by atoms with Crippen LogP contribution < -0.4 is 15.4 Å². The summed E-state index contributed by atoms with van der Waals surface area (Å²) in [5.74, 6) is 0.879. The number of hydrogen-bond donors (Lipinski definition) is 2. The molecule has 2 aliphatic heterocycles. The molecule has 4 heterocycles. The summed E-state index contributed by atoms with van der Waals surface area (Å²) in [6.45, 7) is 19.6. The molecule has 234 valence electrons. The summed E-state index contributed by atoms with van der Waals surface area (Å²) in [5.41, 5.74) is 5.49. The summed E-state index contributed by atoms with van der Waals surface area (Å²) < 4.78 is 18.6. The zero-order valence-electron chi connectivity index (χ0n) is 27.2. The van der Waals surface area contributed by atoms with Gasteiger partial charge >= 0.3 is 0 Å². The average molecular weight is 616 g/mol. The fourth-order valence-electron chi connectivity index (χ4n) is 5.21. The highest BCUT2D eigenvalue weighted by atomic mass is 28.4. The first-order valence-electron chi connectivity index (χ1n) is 15.2. The van der Waals surface area contributed by atoms with Crippen molar-refractivity contribution in [3.8, 4) is 23.2 Å². The molecule has 5 rings (SSSR count). The number of morpholine rings is 1. The van der Waals surface area contributed by atoms with Gasteiger partial charge in [-0.3, -0.25) is 0 Å². The van der Waals surface area contributed by atoms with Gasteiger partial charge in [-0.25, -0.2) is 15.0 Å². The molecular weight excluding hydrogens is 570 g/mol. The van der Waals surface area contributed by atoms with Crippen molar-refractivity contribution >= 4 is 25.6 Å². The molecule has 10 nitrogen and oxygen atoms in total. The molecular formula is C33H45N7O3Si. The molecule has 3 aromatic rings. The van der Waals surface area contributed by atoms with Crippen molar-refractivity contribution in [2.75, 3.05) is 57.1 Å². The molecule has 11 heteroatoms. The average Bonchev–Trinajstić information content (AvgIpc) is 3.31. The van der Waals surface area contributed by atoms with Gasteiger partial charge < -0.3 is 29.4 Å². The molecule has 2 N–H and O–H groups in total. The van der Waals surface area contributed by atoms with Gasteiger partial charge in [0.1, 0.15) is 24.5 Å². The number of anilines is 3. The molecule has 44 heavy (non-hydrogen) atoms. The molecule has 2 aromatic heterocycles. The lowest BCUT2D eigenvalue weighted by atomic mass is 9.83. The monoisotopic (exact) mass is 615 g/mol. The SMILES string of the molecule is Cc1cnc(OCC2CN(C)CCO2)c(Nc2nccc(-c3cc(C#N)c4c(c3)[C@@](C)(CO[Si](C)(C)C(C)(C)C)CN4)n2)c1. The van der Waals surface area contributed by atoms with Crippen molar-refractivity contribution in [3.05, 3.63) is 53.3 Å². The molecule has 0 saturated carbocycles. The third-order valence-electron chi connectivity index (χ3n) is 9.06. The highest BCUT2D eigenvalue weighted by molar-refractivity contribution is 6.74. The Kier molecular flexibility index (Phi) is 9.00. The Morgan fingerprint density at radius 2 is 2.05 bits per heavy atom. The Labute approximate surface area is 262 Å². The third-order valence-corrected chi connectivity index (χ3v) is 13.5. The second kappa shape index (κ2) is 12.4. The smallest absolute Gasteiger partial charge is 0.237 e. The van der Waals surface area contributed by atoms with Gasteiger partial charge in [0.2, 0.25) is 11.8 Å². The van der Waals surface area contributed by atoms with Crippen LogP contribution in [0.1, 0.15) is 44.4 Å². The number of likely N-dealkylation sites (N-methyl/N-ethyl adjacent to an activating group) is 1. The maximum Gasteiger partial charge on any atom is 0.237 e. The van der Waals surface area contributed by atoms with Gasteiger partial charge in [0.05, 0.1) is 23.6 Å². The number of nitrogens with one attached hydrogen (secondary N) is 2. The topological polar surface area (TPSA) is 117 Å². The lowest BCUT2D eigenvalue weighted by molar-refractivity contribution is -0.0408. The first-order chi connectivity index (χ1) is 20.8. The van der Waals surface area contributed by atoms with Crippen molar-refractivity contribution in [3.63, 3.8) is 0 Å². The number of pyridine rings is 1. The highest BCUT2D eigenvalue weighted by Crippen LogP contribution is 2.44. The van der Waals surface area contributed by atoms with Gasteiger partial charge in [-0.1, -0.05) is 27.7 Å². The molecule has 2 aliphatic rings. The number of nitriles is 1. The second-order valence-corrected chi connectivity index (χ2v) is 18.7. The molecule has 1 saturated heterocycles. The molecule has 1 fully saturated rings. The van der Waals surface area contributed by atoms with Crippen LogP contribution in [0.4, 0.5) is 17.3 Å². The summed E-state index contributed by atoms with van der Waals surface area (Å²) in [4.78, 5) is 16.1. The van der Waals surface area contributed by atoms with E-state index in [4.69, 9.17) is 18.9 Å². The van der Waals surface area contributed by atoms with E-state index < -0.39 is 8.32 Å². The first-order valence-corrected chi connectivity index (χ1v) is 18.2. The van der Waals surface area contributed by atoms with Crippen LogP contribution in [0.3, 0.4) is 0 Å². The van der Waals surface area contributed by atoms with Gasteiger partial charge in [0.15, 0.2) is 8.32 Å². The molecule has 0 spiro atoms. The largest absolute Gasteiger partial charge is 0.473 e. The van der Waals surface area contributed by atoms with E-state index in [9.17, 15) is 5.26 Å². The van der Waals surface area contributed by atoms with Gasteiger partial charge in [0, 0.05) is 49.6 Å². The summed E-state index contributed by atoms with van der Waals surface area (Å²) in [6.07, 6.45) is 3.47. The Hall–Kier alpha value is -3.56. The summed E-state index contributed by atoms with van der Waals surface area (Å²) >= 11 is 0. The minimum absolute atomic E-state index is 0.0223. The number of nitrogens with zero attached hydrogens (tertiary/aromatic N) is 5. The number of ether oxygens (including phenoxy) is 2. The predicted molar refractivity (Wildman–Crippen MR) is 176 cm³/mol. The number of benzene rings is 1. The van der Waals surface area contributed by atoms with E-state index in [1.807, 2.05) is 25.1 Å². The fraction of sp³-hybridized carbons (Fsp3) is 0.515. The zero-order chi connectivity index (χ0) is 31.7. The van der Waals surface area contributed by atoms with Crippen LogP contribution in [0.2, 0.25) is 18.1 Å². The van der Waals surface area contributed by atoms with Crippen molar-refractivity contribution in [2.45, 2.75) is 64.3 Å². The van der Waals surface area contributed by atoms with Crippen LogP contribution in [0, 0.1) is 18.3 Å². The standard InChI is InChI=1S/C33H45N7O3Si/c1-22-13-28(30(36-17-22)42-19-25-18-40(6)11-12-41-25)39-31-35-10-9-27(38-31)23-14-24(16-34)29-26(15-23)33(5,20-37-29)21-43-44(7,8)32(2,3)4/h9-10,13-15,17,25,37H,11-12,18-21H2,1-8H3,(H,35,38,39)/t25?,33-/m1/s1. The Morgan fingerprint density at radius 3 is 2.77 bits per heavy atom. The van der Waals surface area contributed by atoms with Crippen LogP contribution in [-0.2, 0) is 14.6 Å². The summed E-state index contributed by atoms with van der Waals surface area (Å²) in [7, 11) is 0.122. The van der Waals surface area contributed by atoms with Crippen molar-refractivity contribution in [2.24, 2.45) is 0 Å². The van der Waals surface area contributed by atoms with E-state index in [0.717, 1.165) is 35.5 Å². The molecule has 1 unspecified atom stereocenters. The van der Waals surface area contributed by atoms with Gasteiger partial charge in [-0.15, -0.1) is 0 Å². The minimum Gasteiger partial charge on any atom is -0.473 e. The van der Waals surface area contributed by atoms with Crippen LogP contribution in [-0.4, -0.2) is 80.8 Å². The predicted octanol–water partition coefficient (Wildman–Crippen LogP) is 5.88. The summed E-state index contributed by atoms with van der Waals surface area (Å²) in [6, 6.07) is 10.3. The Bertz CT molecular complexity index is 1550. The Morgan fingerprint density at radius 1 is 1.25 bits per heavy atom. The highest BCUT2D eigenvalue weighted by Gasteiger charge is 2.42. The van der Waals surface area contributed by atoms with Crippen molar-refractivity contribution in [1.29, 1.82) is 5.26 Å². The number of hydrogen-bond acceptors (Lipinski definition) is 10. The van der Waals surface area contributed by atoms with Crippen LogP contribution >= 0.6 is 0 Å². The second-order valence-electron chi connectivity index (χ2n) is 13.8. The normalized spacial score (nSPS) is 20.5. The number of aryl methyl sites for hydroxylation is 1. The first kappa shape index (κ1) is 31.8. The van der Waals surface area contributed by atoms with E-state index in [1.54, 1.807) is 12.4 Å². The van der Waals surface area contributed by atoms with Crippen LogP contribution in [0.5, 0.6) is 5.88 Å². The van der Waals surface area contributed by atoms with Gasteiger partial charge in [0.25, 0.3) is 0 Å².